The number of rotatable bonds is 2. The second kappa shape index (κ2) is 5.11. The van der Waals surface area contributed by atoms with E-state index in [2.05, 4.69) is 31.0 Å². The molecule has 0 aliphatic rings. The summed E-state index contributed by atoms with van der Waals surface area (Å²) in [6.07, 6.45) is 5.10. The molecule has 0 aliphatic heterocycles. The van der Waals surface area contributed by atoms with Gasteiger partial charge in [-0.25, -0.2) is 14.6 Å². The molecule has 2 aromatic heterocycles. The molecule has 94 valence electrons. The van der Waals surface area contributed by atoms with Crippen molar-refractivity contribution in [3.8, 4) is 16.9 Å². The van der Waals surface area contributed by atoms with Crippen LogP contribution in [-0.4, -0.2) is 19.7 Å². The molecular weight excluding hydrogens is 328 g/mol. The molecule has 0 spiro atoms. The lowest BCUT2D eigenvalue weighted by atomic mass is 10.1. The van der Waals surface area contributed by atoms with Crippen LogP contribution in [0.1, 0.15) is 0 Å². The second-order valence-corrected chi connectivity index (χ2v) is 4.99. The van der Waals surface area contributed by atoms with E-state index >= 15 is 0 Å². The van der Waals surface area contributed by atoms with E-state index in [0.717, 1.165) is 11.1 Å². The van der Waals surface area contributed by atoms with Crippen molar-refractivity contribution in [2.75, 3.05) is 0 Å². The third-order valence-corrected chi connectivity index (χ3v) is 3.88. The SMILES string of the molecule is Clc1ncnc(-n2cc(-c3ccccc3)cn2)c1Br. The second-order valence-electron chi connectivity index (χ2n) is 3.84. The number of benzene rings is 1. The van der Waals surface area contributed by atoms with Gasteiger partial charge in [0.15, 0.2) is 5.82 Å². The third kappa shape index (κ3) is 2.39. The van der Waals surface area contributed by atoms with E-state index in [0.29, 0.717) is 15.4 Å². The number of nitrogens with zero attached hydrogens (tertiary/aromatic N) is 4. The van der Waals surface area contributed by atoms with Crippen molar-refractivity contribution in [3.63, 3.8) is 0 Å². The van der Waals surface area contributed by atoms with Crippen molar-refractivity contribution in [1.29, 1.82) is 0 Å². The van der Waals surface area contributed by atoms with Crippen molar-refractivity contribution < 1.29 is 0 Å². The zero-order chi connectivity index (χ0) is 13.2. The van der Waals surface area contributed by atoms with Gasteiger partial charge in [0.1, 0.15) is 11.5 Å². The Labute approximate surface area is 123 Å². The van der Waals surface area contributed by atoms with Crippen LogP contribution in [0, 0.1) is 0 Å². The van der Waals surface area contributed by atoms with Gasteiger partial charge in [-0.2, -0.15) is 5.10 Å². The molecule has 0 bridgehead atoms. The summed E-state index contributed by atoms with van der Waals surface area (Å²) in [6, 6.07) is 10.0. The first-order valence-corrected chi connectivity index (χ1v) is 6.69. The summed E-state index contributed by atoms with van der Waals surface area (Å²) in [5.41, 5.74) is 2.12. The van der Waals surface area contributed by atoms with Crippen molar-refractivity contribution in [3.05, 3.63) is 58.7 Å². The normalized spacial score (nSPS) is 10.6. The van der Waals surface area contributed by atoms with Crippen molar-refractivity contribution in [1.82, 2.24) is 19.7 Å². The number of aromatic nitrogens is 4. The van der Waals surface area contributed by atoms with E-state index in [1.165, 1.54) is 6.33 Å². The molecule has 0 aliphatic carbocycles. The monoisotopic (exact) mass is 334 g/mol. The number of hydrogen-bond donors (Lipinski definition) is 0. The molecule has 0 saturated carbocycles. The van der Waals surface area contributed by atoms with Gasteiger partial charge in [0, 0.05) is 11.8 Å². The smallest absolute Gasteiger partial charge is 0.172 e. The molecule has 3 rings (SSSR count). The largest absolute Gasteiger partial charge is 0.223 e. The summed E-state index contributed by atoms with van der Waals surface area (Å²) in [5, 5.41) is 4.67. The summed E-state index contributed by atoms with van der Waals surface area (Å²) < 4.78 is 2.29. The Balaban J connectivity index is 2.05. The summed E-state index contributed by atoms with van der Waals surface area (Å²) in [4.78, 5) is 8.07. The summed E-state index contributed by atoms with van der Waals surface area (Å²) in [5.74, 6) is 0.613. The van der Waals surface area contributed by atoms with Crippen LogP contribution in [0.3, 0.4) is 0 Å². The minimum Gasteiger partial charge on any atom is -0.223 e. The first-order chi connectivity index (χ1) is 9.25. The van der Waals surface area contributed by atoms with Crippen LogP contribution >= 0.6 is 27.5 Å². The van der Waals surface area contributed by atoms with Gasteiger partial charge in [0.05, 0.1) is 10.7 Å². The molecule has 0 amide bonds. The average Bonchev–Trinajstić information content (AvgIpc) is 2.92. The summed E-state index contributed by atoms with van der Waals surface area (Å²) in [7, 11) is 0. The van der Waals surface area contributed by atoms with Gasteiger partial charge in [0.2, 0.25) is 0 Å². The van der Waals surface area contributed by atoms with Gasteiger partial charge in [-0.3, -0.25) is 0 Å². The van der Waals surface area contributed by atoms with Crippen molar-refractivity contribution in [2.24, 2.45) is 0 Å². The van der Waals surface area contributed by atoms with Gasteiger partial charge in [-0.1, -0.05) is 41.9 Å². The summed E-state index contributed by atoms with van der Waals surface area (Å²) >= 11 is 9.31. The Morgan fingerprint density at radius 1 is 1.05 bits per heavy atom. The molecule has 1 aromatic carbocycles. The summed E-state index contributed by atoms with van der Waals surface area (Å²) in [6.45, 7) is 0. The van der Waals surface area contributed by atoms with Crippen LogP contribution in [0.2, 0.25) is 5.15 Å². The fraction of sp³-hybridized carbons (Fsp3) is 0. The van der Waals surface area contributed by atoms with Crippen LogP contribution in [-0.2, 0) is 0 Å². The minimum atomic E-state index is 0.363. The molecule has 19 heavy (non-hydrogen) atoms. The highest BCUT2D eigenvalue weighted by Crippen LogP contribution is 2.26. The molecule has 0 unspecified atom stereocenters. The Morgan fingerprint density at radius 2 is 1.84 bits per heavy atom. The first-order valence-electron chi connectivity index (χ1n) is 5.52. The maximum Gasteiger partial charge on any atom is 0.172 e. The van der Waals surface area contributed by atoms with Gasteiger partial charge in [-0.05, 0) is 21.5 Å². The molecule has 4 nitrogen and oxygen atoms in total. The molecule has 0 saturated heterocycles. The van der Waals surface area contributed by atoms with Gasteiger partial charge < -0.3 is 0 Å². The van der Waals surface area contributed by atoms with Crippen LogP contribution in [0.25, 0.3) is 16.9 Å². The minimum absolute atomic E-state index is 0.363. The van der Waals surface area contributed by atoms with Gasteiger partial charge in [0.25, 0.3) is 0 Å². The van der Waals surface area contributed by atoms with Crippen LogP contribution in [0.4, 0.5) is 0 Å². The van der Waals surface area contributed by atoms with Gasteiger partial charge >= 0.3 is 0 Å². The van der Waals surface area contributed by atoms with Crippen molar-refractivity contribution >= 4 is 27.5 Å². The third-order valence-electron chi connectivity index (χ3n) is 2.64. The lowest BCUT2D eigenvalue weighted by molar-refractivity contribution is 0.833. The number of hydrogen-bond acceptors (Lipinski definition) is 3. The maximum atomic E-state index is 5.95. The predicted octanol–water partition coefficient (Wildman–Crippen LogP) is 3.75. The lowest BCUT2D eigenvalue weighted by Crippen LogP contribution is -2.00. The van der Waals surface area contributed by atoms with Crippen LogP contribution in [0.5, 0.6) is 0 Å². The zero-order valence-corrected chi connectivity index (χ0v) is 12.0. The molecule has 0 fully saturated rings. The Bertz CT molecular complexity index is 712. The first kappa shape index (κ1) is 12.3. The van der Waals surface area contributed by atoms with E-state index in [-0.39, 0.29) is 0 Å². The molecule has 0 radical (unpaired) electrons. The highest BCUT2D eigenvalue weighted by molar-refractivity contribution is 9.10. The predicted molar refractivity (Wildman–Crippen MR) is 77.3 cm³/mol. The fourth-order valence-electron chi connectivity index (χ4n) is 1.72. The lowest BCUT2D eigenvalue weighted by Gasteiger charge is -2.03. The molecular formula is C13H8BrClN4. The van der Waals surface area contributed by atoms with Crippen LogP contribution in [0.15, 0.2) is 53.5 Å². The average molecular weight is 336 g/mol. The molecule has 0 atom stereocenters. The molecule has 6 heteroatoms. The maximum absolute atomic E-state index is 5.95. The highest BCUT2D eigenvalue weighted by atomic mass is 79.9. The van der Waals surface area contributed by atoms with E-state index in [4.69, 9.17) is 11.6 Å². The van der Waals surface area contributed by atoms with E-state index < -0.39 is 0 Å². The van der Waals surface area contributed by atoms with Gasteiger partial charge in [-0.15, -0.1) is 0 Å². The molecule has 3 aromatic rings. The molecule has 0 N–H and O–H groups in total. The fourth-order valence-corrected chi connectivity index (χ4v) is 2.23. The van der Waals surface area contributed by atoms with E-state index in [1.54, 1.807) is 10.9 Å². The number of halogens is 2. The zero-order valence-electron chi connectivity index (χ0n) is 9.66. The Hall–Kier alpha value is -1.72. The van der Waals surface area contributed by atoms with Crippen LogP contribution < -0.4 is 0 Å². The Morgan fingerprint density at radius 3 is 2.63 bits per heavy atom. The quantitative estimate of drug-likeness (QED) is 0.670. The van der Waals surface area contributed by atoms with Crippen molar-refractivity contribution in [2.45, 2.75) is 0 Å². The molecule has 2 heterocycles. The Kier molecular flexibility index (Phi) is 3.31. The standard InChI is InChI=1S/C13H8BrClN4/c14-11-12(15)16-8-17-13(11)19-7-10(6-18-19)9-4-2-1-3-5-9/h1-8H. The highest BCUT2D eigenvalue weighted by Gasteiger charge is 2.10. The van der Waals surface area contributed by atoms with E-state index in [9.17, 15) is 0 Å². The topological polar surface area (TPSA) is 43.6 Å². The van der Waals surface area contributed by atoms with E-state index in [1.807, 2.05) is 36.5 Å².